The van der Waals surface area contributed by atoms with E-state index >= 15 is 0 Å². The van der Waals surface area contributed by atoms with Crippen LogP contribution in [0.25, 0.3) is 0 Å². The molecule has 0 aromatic rings. The van der Waals surface area contributed by atoms with Crippen molar-refractivity contribution in [1.82, 2.24) is 0 Å². The molecule has 54 valence electrons. The van der Waals surface area contributed by atoms with Gasteiger partial charge >= 0.3 is 0 Å². The number of hydrogen-bond donors (Lipinski definition) is 0. The molecule has 1 nitrogen and oxygen atoms in total. The zero-order chi connectivity index (χ0) is 6.91. The Labute approximate surface area is 60.5 Å². The maximum Gasteiger partial charge on any atom is 0.273 e. The predicted octanol–water partition coefficient (Wildman–Crippen LogP) is 1.81. The van der Waals surface area contributed by atoms with E-state index in [-0.39, 0.29) is 12.5 Å². The summed E-state index contributed by atoms with van der Waals surface area (Å²) in [6.07, 6.45) is -0.432. The van der Waals surface area contributed by atoms with E-state index < -0.39 is 12.5 Å². The van der Waals surface area contributed by atoms with Gasteiger partial charge in [-0.3, -0.25) is 0 Å². The molecule has 4 heteroatoms. The molecule has 0 amide bonds. The van der Waals surface area contributed by atoms with Crippen LogP contribution in [0.5, 0.6) is 0 Å². The molecule has 1 rings (SSSR count). The Morgan fingerprint density at radius 2 is 2.33 bits per heavy atom. The van der Waals surface area contributed by atoms with Crippen molar-refractivity contribution < 1.29 is 13.5 Å². The molecule has 1 atom stereocenters. The van der Waals surface area contributed by atoms with Crippen molar-refractivity contribution in [2.75, 3.05) is 11.9 Å². The summed E-state index contributed by atoms with van der Waals surface area (Å²) < 4.78 is 29.2. The van der Waals surface area contributed by atoms with Gasteiger partial charge in [0.05, 0.1) is 6.10 Å². The van der Waals surface area contributed by atoms with Gasteiger partial charge in [-0.15, -0.1) is 0 Å². The zero-order valence-electron chi connectivity index (χ0n) is 4.74. The van der Waals surface area contributed by atoms with E-state index in [9.17, 15) is 8.78 Å². The minimum absolute atomic E-state index is 0.141. The lowest BCUT2D eigenvalue weighted by Crippen LogP contribution is -2.15. The van der Waals surface area contributed by atoms with Gasteiger partial charge in [-0.2, -0.15) is 0 Å². The summed E-state index contributed by atoms with van der Waals surface area (Å²) in [5, 5.41) is 0.503. The molecule has 1 fully saturated rings. The Hall–Kier alpha value is 0.300. The molecule has 0 aliphatic carbocycles. The van der Waals surface area contributed by atoms with E-state index in [2.05, 4.69) is 15.9 Å². The first kappa shape index (κ1) is 7.41. The van der Waals surface area contributed by atoms with Crippen molar-refractivity contribution in [2.45, 2.75) is 18.4 Å². The van der Waals surface area contributed by atoms with Gasteiger partial charge in [0.1, 0.15) is 6.61 Å². The summed E-state index contributed by atoms with van der Waals surface area (Å²) in [7, 11) is 0. The molecule has 0 aromatic heterocycles. The molecule has 1 aliphatic rings. The van der Waals surface area contributed by atoms with Gasteiger partial charge in [0.25, 0.3) is 5.92 Å². The van der Waals surface area contributed by atoms with Crippen molar-refractivity contribution in [3.63, 3.8) is 0 Å². The first-order valence-electron chi connectivity index (χ1n) is 2.69. The Bertz CT molecular complexity index is 107. The highest BCUT2D eigenvalue weighted by Gasteiger charge is 2.39. The van der Waals surface area contributed by atoms with Crippen LogP contribution in [0.15, 0.2) is 0 Å². The summed E-state index contributed by atoms with van der Waals surface area (Å²) in [6.45, 7) is -0.413. The zero-order valence-corrected chi connectivity index (χ0v) is 6.33. The number of alkyl halides is 3. The van der Waals surface area contributed by atoms with Crippen molar-refractivity contribution in [1.29, 1.82) is 0 Å². The van der Waals surface area contributed by atoms with E-state index in [4.69, 9.17) is 4.74 Å². The van der Waals surface area contributed by atoms with Crippen LogP contribution in [0.2, 0.25) is 0 Å². The predicted molar refractivity (Wildman–Crippen MR) is 33.1 cm³/mol. The third-order valence-corrected chi connectivity index (χ3v) is 1.95. The normalized spacial score (nSPS) is 33.0. The number of ether oxygens (including phenoxy) is 1. The van der Waals surface area contributed by atoms with Crippen LogP contribution in [-0.4, -0.2) is 24.0 Å². The standard InChI is InChI=1S/C5H7BrF2O/c6-2-4-1-5(7,8)3-9-4/h4H,1-3H2. The van der Waals surface area contributed by atoms with Crippen molar-refractivity contribution in [3.05, 3.63) is 0 Å². The van der Waals surface area contributed by atoms with Crippen molar-refractivity contribution in [2.24, 2.45) is 0 Å². The van der Waals surface area contributed by atoms with Gasteiger partial charge in [0.2, 0.25) is 0 Å². The lowest BCUT2D eigenvalue weighted by Gasteiger charge is -2.02. The molecule has 0 spiro atoms. The molecule has 1 heterocycles. The van der Waals surface area contributed by atoms with Crippen LogP contribution in [0, 0.1) is 0 Å². The summed E-state index contributed by atoms with van der Waals surface area (Å²) in [5.74, 6) is -2.58. The summed E-state index contributed by atoms with van der Waals surface area (Å²) in [6, 6.07) is 0. The first-order chi connectivity index (χ1) is 4.14. The van der Waals surface area contributed by atoms with Crippen LogP contribution in [0.1, 0.15) is 6.42 Å². The highest BCUT2D eigenvalue weighted by atomic mass is 79.9. The van der Waals surface area contributed by atoms with Gasteiger partial charge in [0.15, 0.2) is 0 Å². The second-order valence-electron chi connectivity index (χ2n) is 2.15. The minimum Gasteiger partial charge on any atom is -0.371 e. The molecular formula is C5H7BrF2O. The SMILES string of the molecule is FC1(F)COC(CBr)C1. The lowest BCUT2D eigenvalue weighted by molar-refractivity contribution is -0.00932. The van der Waals surface area contributed by atoms with Gasteiger partial charge < -0.3 is 4.74 Å². The number of halogens is 3. The molecule has 0 saturated carbocycles. The average molecular weight is 201 g/mol. The maximum atomic E-state index is 12.2. The fourth-order valence-electron chi connectivity index (χ4n) is 0.790. The van der Waals surface area contributed by atoms with Gasteiger partial charge in [0, 0.05) is 11.8 Å². The Morgan fingerprint density at radius 3 is 2.56 bits per heavy atom. The van der Waals surface area contributed by atoms with E-state index in [1.165, 1.54) is 0 Å². The van der Waals surface area contributed by atoms with E-state index in [1.807, 2.05) is 0 Å². The summed E-state index contributed by atoms with van der Waals surface area (Å²) in [5.41, 5.74) is 0. The van der Waals surface area contributed by atoms with Crippen LogP contribution >= 0.6 is 15.9 Å². The molecule has 9 heavy (non-hydrogen) atoms. The Balaban J connectivity index is 2.38. The highest BCUT2D eigenvalue weighted by molar-refractivity contribution is 9.09. The average Bonchev–Trinajstić information content (AvgIpc) is 2.10. The third kappa shape index (κ3) is 1.86. The van der Waals surface area contributed by atoms with Gasteiger partial charge in [-0.1, -0.05) is 15.9 Å². The second-order valence-corrected chi connectivity index (χ2v) is 2.79. The van der Waals surface area contributed by atoms with Crippen LogP contribution in [0.4, 0.5) is 8.78 Å². The summed E-state index contributed by atoms with van der Waals surface area (Å²) in [4.78, 5) is 0. The third-order valence-electron chi connectivity index (χ3n) is 1.23. The molecule has 0 aromatic carbocycles. The Morgan fingerprint density at radius 1 is 1.67 bits per heavy atom. The summed E-state index contributed by atoms with van der Waals surface area (Å²) >= 11 is 3.07. The van der Waals surface area contributed by atoms with Crippen molar-refractivity contribution in [3.8, 4) is 0 Å². The van der Waals surface area contributed by atoms with Crippen molar-refractivity contribution >= 4 is 15.9 Å². The smallest absolute Gasteiger partial charge is 0.273 e. The fraction of sp³-hybridized carbons (Fsp3) is 1.00. The fourth-order valence-corrected chi connectivity index (χ4v) is 1.21. The van der Waals surface area contributed by atoms with E-state index in [1.54, 1.807) is 0 Å². The maximum absolute atomic E-state index is 12.2. The van der Waals surface area contributed by atoms with Gasteiger partial charge in [-0.25, -0.2) is 8.78 Å². The lowest BCUT2D eigenvalue weighted by atomic mass is 10.2. The minimum atomic E-state index is -2.58. The van der Waals surface area contributed by atoms with Crippen LogP contribution < -0.4 is 0 Å². The monoisotopic (exact) mass is 200 g/mol. The molecule has 0 radical (unpaired) electrons. The second kappa shape index (κ2) is 2.50. The molecule has 1 unspecified atom stereocenters. The van der Waals surface area contributed by atoms with Crippen LogP contribution in [-0.2, 0) is 4.74 Å². The molecule has 1 saturated heterocycles. The highest BCUT2D eigenvalue weighted by Crippen LogP contribution is 2.29. The first-order valence-corrected chi connectivity index (χ1v) is 3.81. The molecule has 0 bridgehead atoms. The molecule has 1 aliphatic heterocycles. The van der Waals surface area contributed by atoms with Gasteiger partial charge in [-0.05, 0) is 0 Å². The number of rotatable bonds is 1. The molecular weight excluding hydrogens is 194 g/mol. The number of hydrogen-bond acceptors (Lipinski definition) is 1. The van der Waals surface area contributed by atoms with E-state index in [0.29, 0.717) is 5.33 Å². The Kier molecular flexibility index (Phi) is 2.06. The quantitative estimate of drug-likeness (QED) is 0.587. The van der Waals surface area contributed by atoms with Crippen LogP contribution in [0.3, 0.4) is 0 Å². The topological polar surface area (TPSA) is 9.23 Å². The van der Waals surface area contributed by atoms with E-state index in [0.717, 1.165) is 0 Å². The molecule has 0 N–H and O–H groups in total. The largest absolute Gasteiger partial charge is 0.371 e.